The minimum Gasteiger partial charge on any atom is -0.454 e. The number of aromatic amines is 1. The Bertz CT molecular complexity index is 2730. The number of fused-ring (bicyclic) bond motifs is 12. The first-order chi connectivity index (χ1) is 21.3. The largest absolute Gasteiger partial charge is 0.454 e. The molecule has 43 heavy (non-hydrogen) atoms. The second-order valence-electron chi connectivity index (χ2n) is 11.1. The van der Waals surface area contributed by atoms with E-state index >= 15 is 0 Å². The van der Waals surface area contributed by atoms with Gasteiger partial charge in [0, 0.05) is 48.8 Å². The minimum atomic E-state index is 0.608. The number of benzene rings is 6. The van der Waals surface area contributed by atoms with Gasteiger partial charge in [0.1, 0.15) is 11.1 Å². The molecule has 0 radical (unpaired) electrons. The van der Waals surface area contributed by atoms with Crippen LogP contribution in [0.2, 0.25) is 0 Å². The van der Waals surface area contributed by atoms with Gasteiger partial charge in [-0.1, -0.05) is 97.1 Å². The van der Waals surface area contributed by atoms with Crippen LogP contribution in [0.5, 0.6) is 0 Å². The number of furan rings is 1. The highest BCUT2D eigenvalue weighted by molar-refractivity contribution is 6.23. The van der Waals surface area contributed by atoms with Gasteiger partial charge < -0.3 is 9.40 Å². The maximum absolute atomic E-state index is 6.51. The second kappa shape index (κ2) is 8.30. The molecule has 4 heterocycles. The molecule has 0 saturated heterocycles. The van der Waals surface area contributed by atoms with E-state index in [-0.39, 0.29) is 0 Å². The molecule has 0 unspecified atom stereocenters. The van der Waals surface area contributed by atoms with Crippen LogP contribution in [0.15, 0.2) is 132 Å². The van der Waals surface area contributed by atoms with E-state index < -0.39 is 0 Å². The van der Waals surface area contributed by atoms with Crippen molar-refractivity contribution >= 4 is 76.5 Å². The summed E-state index contributed by atoms with van der Waals surface area (Å²) in [6.45, 7) is 0. The van der Waals surface area contributed by atoms with E-state index in [1.807, 2.05) is 24.3 Å². The number of hydrogen-bond donors (Lipinski definition) is 1. The van der Waals surface area contributed by atoms with Crippen molar-refractivity contribution in [2.75, 3.05) is 0 Å². The van der Waals surface area contributed by atoms with Gasteiger partial charge in [0.15, 0.2) is 5.58 Å². The fraction of sp³-hybridized carbons (Fsp3) is 0. The van der Waals surface area contributed by atoms with Gasteiger partial charge in [-0.05, 0) is 30.3 Å². The van der Waals surface area contributed by atoms with Gasteiger partial charge in [-0.3, -0.25) is 4.57 Å². The summed E-state index contributed by atoms with van der Waals surface area (Å²) >= 11 is 0. The van der Waals surface area contributed by atoms with E-state index in [2.05, 4.69) is 113 Å². The fourth-order valence-electron chi connectivity index (χ4n) is 6.86. The summed E-state index contributed by atoms with van der Waals surface area (Å²) in [5.74, 6) is 0.608. The lowest BCUT2D eigenvalue weighted by Crippen LogP contribution is -2.04. The normalized spacial score (nSPS) is 12.2. The molecule has 1 N–H and O–H groups in total. The van der Waals surface area contributed by atoms with E-state index in [0.717, 1.165) is 76.9 Å². The standard InChI is InChI=1S/C38H22N4O/c1-2-10-22(11-3-1)33-29-21-20-28-25-14-6-9-17-32(25)43-37(28)35(29)41-38(40-33)42-31-16-8-5-13-24(31)27-19-18-26-23-12-4-7-15-30(23)39-34(26)36(27)42/h1-21,39H. The summed E-state index contributed by atoms with van der Waals surface area (Å²) in [5.41, 5.74) is 8.62. The van der Waals surface area contributed by atoms with Crippen molar-refractivity contribution in [1.82, 2.24) is 19.5 Å². The van der Waals surface area contributed by atoms with Crippen molar-refractivity contribution in [3.8, 4) is 17.2 Å². The van der Waals surface area contributed by atoms with E-state index in [1.165, 1.54) is 10.8 Å². The molecule has 6 aromatic carbocycles. The number of H-pyrrole nitrogens is 1. The summed E-state index contributed by atoms with van der Waals surface area (Å²) < 4.78 is 8.73. The molecule has 0 aliphatic carbocycles. The molecule has 0 bridgehead atoms. The summed E-state index contributed by atoms with van der Waals surface area (Å²) in [5, 5.41) is 7.77. The Labute approximate surface area is 244 Å². The predicted octanol–water partition coefficient (Wildman–Crippen LogP) is 9.93. The van der Waals surface area contributed by atoms with Crippen LogP contribution in [-0.4, -0.2) is 19.5 Å². The third-order valence-electron chi connectivity index (χ3n) is 8.76. The van der Waals surface area contributed by atoms with Crippen LogP contribution in [-0.2, 0) is 0 Å². The Morgan fingerprint density at radius 3 is 2.14 bits per heavy atom. The van der Waals surface area contributed by atoms with E-state index in [4.69, 9.17) is 14.4 Å². The fourth-order valence-corrected chi connectivity index (χ4v) is 6.86. The molecule has 200 valence electrons. The molecule has 4 aromatic heterocycles. The van der Waals surface area contributed by atoms with Gasteiger partial charge in [0.05, 0.1) is 22.2 Å². The van der Waals surface area contributed by atoms with Gasteiger partial charge >= 0.3 is 0 Å². The van der Waals surface area contributed by atoms with Gasteiger partial charge in [-0.15, -0.1) is 0 Å². The molecule has 0 spiro atoms. The number of para-hydroxylation sites is 3. The first kappa shape index (κ1) is 22.7. The molecule has 0 aliphatic rings. The lowest BCUT2D eigenvalue weighted by molar-refractivity contribution is 0.671. The highest BCUT2D eigenvalue weighted by Gasteiger charge is 2.22. The van der Waals surface area contributed by atoms with Gasteiger partial charge in [-0.25, -0.2) is 9.97 Å². The van der Waals surface area contributed by atoms with Crippen LogP contribution >= 0.6 is 0 Å². The Balaban J connectivity index is 1.42. The zero-order chi connectivity index (χ0) is 28.1. The molecule has 0 amide bonds. The van der Waals surface area contributed by atoms with Crippen molar-refractivity contribution in [2.24, 2.45) is 0 Å². The number of hydrogen-bond acceptors (Lipinski definition) is 3. The third kappa shape index (κ3) is 3.05. The first-order valence-corrected chi connectivity index (χ1v) is 14.4. The van der Waals surface area contributed by atoms with Crippen molar-refractivity contribution in [2.45, 2.75) is 0 Å². The van der Waals surface area contributed by atoms with Gasteiger partial charge in [0.2, 0.25) is 5.95 Å². The number of rotatable bonds is 2. The Morgan fingerprint density at radius 2 is 1.23 bits per heavy atom. The molecule has 10 rings (SSSR count). The SMILES string of the molecule is c1ccc(-c2nc(-n3c4ccccc4c4ccc5c6ccccc6[nH]c5c43)nc3c2ccc2c4ccccc4oc23)cc1. The molecular formula is C38H22N4O. The molecule has 5 heteroatoms. The molecule has 0 saturated carbocycles. The summed E-state index contributed by atoms with van der Waals surface area (Å²) in [4.78, 5) is 14.4. The smallest absolute Gasteiger partial charge is 0.236 e. The topological polar surface area (TPSA) is 59.6 Å². The average Bonchev–Trinajstić information content (AvgIpc) is 3.74. The summed E-state index contributed by atoms with van der Waals surface area (Å²) in [6, 6.07) is 44.2. The third-order valence-corrected chi connectivity index (χ3v) is 8.76. The van der Waals surface area contributed by atoms with Crippen molar-refractivity contribution in [1.29, 1.82) is 0 Å². The summed E-state index contributed by atoms with van der Waals surface area (Å²) in [6.07, 6.45) is 0. The zero-order valence-electron chi connectivity index (χ0n) is 22.9. The molecule has 0 atom stereocenters. The monoisotopic (exact) mass is 550 g/mol. The van der Waals surface area contributed by atoms with Gasteiger partial charge in [0.25, 0.3) is 0 Å². The predicted molar refractivity (Wildman–Crippen MR) is 176 cm³/mol. The lowest BCUT2D eigenvalue weighted by atomic mass is 10.0. The highest BCUT2D eigenvalue weighted by Crippen LogP contribution is 2.40. The number of aromatic nitrogens is 4. The maximum Gasteiger partial charge on any atom is 0.236 e. The van der Waals surface area contributed by atoms with Gasteiger partial charge in [-0.2, -0.15) is 0 Å². The van der Waals surface area contributed by atoms with Crippen LogP contribution in [0, 0.1) is 0 Å². The van der Waals surface area contributed by atoms with E-state index in [1.54, 1.807) is 0 Å². The molecule has 0 aliphatic heterocycles. The molecule has 0 fully saturated rings. The van der Waals surface area contributed by atoms with Crippen molar-refractivity contribution in [3.05, 3.63) is 127 Å². The maximum atomic E-state index is 6.51. The van der Waals surface area contributed by atoms with E-state index in [9.17, 15) is 0 Å². The Kier molecular flexibility index (Phi) is 4.39. The Morgan fingerprint density at radius 1 is 0.535 bits per heavy atom. The highest BCUT2D eigenvalue weighted by atomic mass is 16.3. The second-order valence-corrected chi connectivity index (χ2v) is 11.1. The summed E-state index contributed by atoms with van der Waals surface area (Å²) in [7, 11) is 0. The minimum absolute atomic E-state index is 0.608. The average molecular weight is 551 g/mol. The molecule has 5 nitrogen and oxygen atoms in total. The van der Waals surface area contributed by atoms with Crippen LogP contribution in [0.25, 0.3) is 93.7 Å². The first-order valence-electron chi connectivity index (χ1n) is 14.4. The lowest BCUT2D eigenvalue weighted by Gasteiger charge is -2.12. The van der Waals surface area contributed by atoms with Crippen molar-refractivity contribution in [3.63, 3.8) is 0 Å². The van der Waals surface area contributed by atoms with E-state index in [0.29, 0.717) is 5.95 Å². The van der Waals surface area contributed by atoms with Crippen LogP contribution < -0.4 is 0 Å². The quantitative estimate of drug-likeness (QED) is 0.233. The van der Waals surface area contributed by atoms with Crippen LogP contribution in [0.4, 0.5) is 0 Å². The van der Waals surface area contributed by atoms with Crippen LogP contribution in [0.3, 0.4) is 0 Å². The molecular weight excluding hydrogens is 528 g/mol. The van der Waals surface area contributed by atoms with Crippen LogP contribution in [0.1, 0.15) is 0 Å². The Hall–Kier alpha value is -5.94. The number of nitrogens with one attached hydrogen (secondary N) is 1. The number of nitrogens with zero attached hydrogens (tertiary/aromatic N) is 3. The van der Waals surface area contributed by atoms with Crippen molar-refractivity contribution < 1.29 is 4.42 Å². The molecule has 10 aromatic rings. The zero-order valence-corrected chi connectivity index (χ0v) is 22.9.